The van der Waals surface area contributed by atoms with Gasteiger partial charge >= 0.3 is 0 Å². The number of carbonyl (C=O) groups is 1. The Bertz CT molecular complexity index is 558. The topological polar surface area (TPSA) is 33.2 Å². The molecule has 0 bridgehead atoms. The van der Waals surface area contributed by atoms with E-state index in [1.165, 1.54) is 21.8 Å². The van der Waals surface area contributed by atoms with Crippen molar-refractivity contribution in [1.29, 1.82) is 0 Å². The average Bonchev–Trinajstić information content (AvgIpc) is 2.97. The molecule has 0 unspecified atom stereocenters. The zero-order valence-electron chi connectivity index (χ0n) is 9.47. The fourth-order valence-electron chi connectivity index (χ4n) is 1.99. The van der Waals surface area contributed by atoms with E-state index < -0.39 is 0 Å². The number of hydrogen-bond acceptors (Lipinski definition) is 5. The summed E-state index contributed by atoms with van der Waals surface area (Å²) in [6.07, 6.45) is 2.77. The molecule has 88 valence electrons. The average molecular weight is 264 g/mol. The molecule has 3 nitrogen and oxygen atoms in total. The first-order chi connectivity index (χ1) is 8.24. The van der Waals surface area contributed by atoms with Crippen molar-refractivity contribution in [2.24, 2.45) is 0 Å². The van der Waals surface area contributed by atoms with Crippen LogP contribution in [0.25, 0.3) is 0 Å². The highest BCUT2D eigenvalue weighted by molar-refractivity contribution is 7.17. The van der Waals surface area contributed by atoms with Crippen LogP contribution in [-0.2, 0) is 13.0 Å². The summed E-state index contributed by atoms with van der Waals surface area (Å²) in [6.45, 7) is 3.51. The third-order valence-electron chi connectivity index (χ3n) is 2.92. The van der Waals surface area contributed by atoms with Crippen molar-refractivity contribution < 1.29 is 4.79 Å². The number of hydrogen-bond donors (Lipinski definition) is 0. The van der Waals surface area contributed by atoms with Crippen LogP contribution in [0.4, 0.5) is 5.13 Å². The third kappa shape index (κ3) is 2.00. The van der Waals surface area contributed by atoms with Gasteiger partial charge in [0.05, 0.1) is 11.1 Å². The van der Waals surface area contributed by atoms with E-state index in [1.807, 2.05) is 11.3 Å². The standard InChI is InChI=1S/C12H12N2OS2/c1-8(15)11-6-13-12(17-11)14-4-2-10-9(7-14)3-5-16-10/h3,5-6H,2,4,7H2,1H3. The van der Waals surface area contributed by atoms with Gasteiger partial charge in [-0.1, -0.05) is 11.3 Å². The van der Waals surface area contributed by atoms with E-state index in [9.17, 15) is 4.79 Å². The minimum atomic E-state index is 0.0991. The second-order valence-electron chi connectivity index (χ2n) is 4.10. The first-order valence-corrected chi connectivity index (χ1v) is 7.20. The van der Waals surface area contributed by atoms with Crippen molar-refractivity contribution >= 4 is 33.6 Å². The van der Waals surface area contributed by atoms with Crippen molar-refractivity contribution in [2.45, 2.75) is 19.9 Å². The molecule has 1 aliphatic rings. The number of thiophene rings is 1. The Kier molecular flexibility index (Phi) is 2.72. The highest BCUT2D eigenvalue weighted by Crippen LogP contribution is 2.30. The van der Waals surface area contributed by atoms with Gasteiger partial charge < -0.3 is 4.90 Å². The van der Waals surface area contributed by atoms with Crippen molar-refractivity contribution in [1.82, 2.24) is 4.98 Å². The Morgan fingerprint density at radius 3 is 3.18 bits per heavy atom. The fraction of sp³-hybridized carbons (Fsp3) is 0.333. The number of aromatic nitrogens is 1. The molecule has 0 N–H and O–H groups in total. The van der Waals surface area contributed by atoms with Crippen LogP contribution in [0.1, 0.15) is 27.0 Å². The highest BCUT2D eigenvalue weighted by Gasteiger charge is 2.20. The van der Waals surface area contributed by atoms with Crippen LogP contribution >= 0.6 is 22.7 Å². The van der Waals surface area contributed by atoms with E-state index in [2.05, 4.69) is 21.3 Å². The molecule has 0 amide bonds. The maximum absolute atomic E-state index is 11.3. The van der Waals surface area contributed by atoms with Gasteiger partial charge in [-0.05, 0) is 23.4 Å². The largest absolute Gasteiger partial charge is 0.343 e. The molecule has 3 heterocycles. The second kappa shape index (κ2) is 4.23. The zero-order valence-corrected chi connectivity index (χ0v) is 11.1. The van der Waals surface area contributed by atoms with Gasteiger partial charge in [0, 0.05) is 24.9 Å². The summed E-state index contributed by atoms with van der Waals surface area (Å²) in [5, 5.41) is 3.11. The maximum atomic E-state index is 11.3. The summed E-state index contributed by atoms with van der Waals surface area (Å²) in [5.74, 6) is 0.0991. The lowest BCUT2D eigenvalue weighted by molar-refractivity contribution is 0.102. The number of rotatable bonds is 2. The molecular weight excluding hydrogens is 252 g/mol. The predicted octanol–water partition coefficient (Wildman–Crippen LogP) is 2.97. The number of anilines is 1. The summed E-state index contributed by atoms with van der Waals surface area (Å²) in [5.41, 5.74) is 1.40. The molecular formula is C12H12N2OS2. The molecule has 0 aromatic carbocycles. The molecule has 0 fully saturated rings. The maximum Gasteiger partial charge on any atom is 0.186 e. The van der Waals surface area contributed by atoms with Gasteiger partial charge in [-0.2, -0.15) is 0 Å². The Morgan fingerprint density at radius 1 is 1.53 bits per heavy atom. The quantitative estimate of drug-likeness (QED) is 0.782. The number of carbonyl (C=O) groups excluding carboxylic acids is 1. The van der Waals surface area contributed by atoms with Gasteiger partial charge in [0.2, 0.25) is 0 Å². The van der Waals surface area contributed by atoms with Gasteiger partial charge in [-0.25, -0.2) is 4.98 Å². The molecule has 0 aliphatic carbocycles. The fourth-order valence-corrected chi connectivity index (χ4v) is 3.71. The van der Waals surface area contributed by atoms with Gasteiger partial charge in [-0.15, -0.1) is 11.3 Å². The van der Waals surface area contributed by atoms with E-state index in [1.54, 1.807) is 13.1 Å². The number of Topliss-reactive ketones (excluding diaryl/α,β-unsaturated/α-hetero) is 1. The van der Waals surface area contributed by atoms with E-state index in [0.717, 1.165) is 29.5 Å². The third-order valence-corrected chi connectivity index (χ3v) is 5.10. The lowest BCUT2D eigenvalue weighted by Gasteiger charge is -2.26. The summed E-state index contributed by atoms with van der Waals surface area (Å²) < 4.78 is 0. The molecule has 0 atom stereocenters. The molecule has 17 heavy (non-hydrogen) atoms. The van der Waals surface area contributed by atoms with Gasteiger partial charge in [0.25, 0.3) is 0 Å². The lowest BCUT2D eigenvalue weighted by atomic mass is 10.1. The number of fused-ring (bicyclic) bond motifs is 1. The summed E-state index contributed by atoms with van der Waals surface area (Å²) in [7, 11) is 0. The molecule has 3 rings (SSSR count). The molecule has 2 aromatic rings. The minimum absolute atomic E-state index is 0.0991. The number of thiazole rings is 1. The van der Waals surface area contributed by atoms with Gasteiger partial charge in [-0.3, -0.25) is 4.79 Å². The van der Waals surface area contributed by atoms with Crippen LogP contribution < -0.4 is 4.90 Å². The van der Waals surface area contributed by atoms with Crippen LogP contribution in [0.15, 0.2) is 17.6 Å². The number of ketones is 1. The van der Waals surface area contributed by atoms with Crippen LogP contribution in [0, 0.1) is 0 Å². The Morgan fingerprint density at radius 2 is 2.41 bits per heavy atom. The zero-order chi connectivity index (χ0) is 11.8. The molecule has 2 aromatic heterocycles. The van der Waals surface area contributed by atoms with E-state index >= 15 is 0 Å². The molecule has 0 saturated carbocycles. The predicted molar refractivity (Wildman–Crippen MR) is 71.2 cm³/mol. The number of nitrogens with zero attached hydrogens (tertiary/aromatic N) is 2. The minimum Gasteiger partial charge on any atom is -0.343 e. The van der Waals surface area contributed by atoms with Crippen molar-refractivity contribution in [3.63, 3.8) is 0 Å². The van der Waals surface area contributed by atoms with Crippen molar-refractivity contribution in [3.05, 3.63) is 33.0 Å². The normalized spacial score (nSPS) is 14.8. The lowest BCUT2D eigenvalue weighted by Crippen LogP contribution is -2.29. The molecule has 0 saturated heterocycles. The van der Waals surface area contributed by atoms with Crippen LogP contribution in [-0.4, -0.2) is 17.3 Å². The second-order valence-corrected chi connectivity index (χ2v) is 6.11. The first kappa shape index (κ1) is 10.9. The van der Waals surface area contributed by atoms with Crippen LogP contribution in [0.5, 0.6) is 0 Å². The summed E-state index contributed by atoms with van der Waals surface area (Å²) in [6, 6.07) is 2.19. The van der Waals surface area contributed by atoms with Crippen molar-refractivity contribution in [2.75, 3.05) is 11.4 Å². The monoisotopic (exact) mass is 264 g/mol. The van der Waals surface area contributed by atoms with E-state index in [-0.39, 0.29) is 5.78 Å². The molecule has 0 radical (unpaired) electrons. The summed E-state index contributed by atoms with van der Waals surface area (Å²) in [4.78, 5) is 20.1. The SMILES string of the molecule is CC(=O)c1cnc(N2CCc3sccc3C2)s1. The van der Waals surface area contributed by atoms with Crippen LogP contribution in [0.3, 0.4) is 0 Å². The van der Waals surface area contributed by atoms with Gasteiger partial charge in [0.1, 0.15) is 0 Å². The smallest absolute Gasteiger partial charge is 0.186 e. The van der Waals surface area contributed by atoms with Crippen LogP contribution in [0.2, 0.25) is 0 Å². The first-order valence-electron chi connectivity index (χ1n) is 5.51. The van der Waals surface area contributed by atoms with E-state index in [4.69, 9.17) is 0 Å². The molecule has 0 spiro atoms. The molecule has 5 heteroatoms. The van der Waals surface area contributed by atoms with Crippen molar-refractivity contribution in [3.8, 4) is 0 Å². The van der Waals surface area contributed by atoms with Gasteiger partial charge in [0.15, 0.2) is 10.9 Å². The summed E-state index contributed by atoms with van der Waals surface area (Å²) >= 11 is 3.33. The Labute approximate surface area is 108 Å². The Hall–Kier alpha value is -1.20. The highest BCUT2D eigenvalue weighted by atomic mass is 32.1. The van der Waals surface area contributed by atoms with E-state index in [0.29, 0.717) is 0 Å². The Balaban J connectivity index is 1.84. The molecule has 1 aliphatic heterocycles.